The van der Waals surface area contributed by atoms with Crippen LogP contribution in [0.1, 0.15) is 17.0 Å². The number of nitrogens with one attached hydrogen (secondary N) is 2. The van der Waals surface area contributed by atoms with Crippen LogP contribution in [0.25, 0.3) is 11.0 Å². The minimum Gasteiger partial charge on any atom is -0.384 e. The molecule has 4 N–H and O–H groups in total. The largest absolute Gasteiger partial charge is 0.384 e. The van der Waals surface area contributed by atoms with E-state index in [1.165, 1.54) is 5.69 Å². The number of hydrogen-bond donors (Lipinski definition) is 3. The minimum atomic E-state index is 0. The maximum atomic E-state index is 7.47. The molecule has 1 saturated heterocycles. The van der Waals surface area contributed by atoms with Crippen LogP contribution in [0.2, 0.25) is 0 Å². The van der Waals surface area contributed by atoms with Crippen LogP contribution in [0.5, 0.6) is 0 Å². The molecular weight excluding hydrogens is 395 g/mol. The summed E-state index contributed by atoms with van der Waals surface area (Å²) in [4.78, 5) is 13.0. The van der Waals surface area contributed by atoms with Gasteiger partial charge in [-0.05, 0) is 30.8 Å². The molecule has 0 bridgehead atoms. The Morgan fingerprint density at radius 1 is 1.07 bits per heavy atom. The standard InChI is InChI=1S/C20H24N6.2ClH/c1-25-8-10-26(11-9-25)16-6-7-17-18(13-16)24-19(23-17)12-14-2-4-15(5-3-14)20(21)22;;/h2-7,13H,8-12H2,1H3,(H3,21,22)(H,23,24);2*1H. The van der Waals surface area contributed by atoms with E-state index in [0.717, 1.165) is 60.6 Å². The Morgan fingerprint density at radius 3 is 2.39 bits per heavy atom. The first-order valence-electron chi connectivity index (χ1n) is 8.94. The number of aromatic amines is 1. The molecule has 6 nitrogen and oxygen atoms in total. The topological polar surface area (TPSA) is 85.0 Å². The van der Waals surface area contributed by atoms with Crippen LogP contribution in [0.15, 0.2) is 42.5 Å². The van der Waals surface area contributed by atoms with Crippen molar-refractivity contribution < 1.29 is 0 Å². The predicted octanol–water partition coefficient (Wildman–Crippen LogP) is 3.03. The summed E-state index contributed by atoms with van der Waals surface area (Å²) in [6.07, 6.45) is 0.733. The summed E-state index contributed by atoms with van der Waals surface area (Å²) < 4.78 is 0. The van der Waals surface area contributed by atoms with Gasteiger partial charge in [0, 0.05) is 43.9 Å². The Morgan fingerprint density at radius 2 is 1.75 bits per heavy atom. The zero-order chi connectivity index (χ0) is 18.1. The average molecular weight is 421 g/mol. The van der Waals surface area contributed by atoms with Gasteiger partial charge in [0.25, 0.3) is 0 Å². The number of hydrogen-bond acceptors (Lipinski definition) is 4. The highest BCUT2D eigenvalue weighted by Crippen LogP contribution is 2.22. The Kier molecular flexibility index (Phi) is 7.29. The van der Waals surface area contributed by atoms with Crippen molar-refractivity contribution in [3.05, 3.63) is 59.4 Å². The molecule has 1 fully saturated rings. The lowest BCUT2D eigenvalue weighted by Gasteiger charge is -2.34. The monoisotopic (exact) mass is 420 g/mol. The Bertz CT molecular complexity index is 930. The van der Waals surface area contributed by atoms with Crippen LogP contribution in [0.4, 0.5) is 5.69 Å². The molecule has 1 aliphatic rings. The van der Waals surface area contributed by atoms with Gasteiger partial charge in [0.1, 0.15) is 11.7 Å². The highest BCUT2D eigenvalue weighted by atomic mass is 35.5. The number of nitrogen functional groups attached to an aromatic ring is 1. The predicted molar refractivity (Wildman–Crippen MR) is 121 cm³/mol. The summed E-state index contributed by atoms with van der Waals surface area (Å²) in [6, 6.07) is 14.2. The fourth-order valence-electron chi connectivity index (χ4n) is 3.39. The fourth-order valence-corrected chi connectivity index (χ4v) is 3.39. The molecule has 28 heavy (non-hydrogen) atoms. The molecule has 0 atom stereocenters. The van der Waals surface area contributed by atoms with E-state index in [-0.39, 0.29) is 30.6 Å². The summed E-state index contributed by atoms with van der Waals surface area (Å²) in [5.41, 5.74) is 10.7. The van der Waals surface area contributed by atoms with E-state index in [9.17, 15) is 0 Å². The molecule has 2 aromatic carbocycles. The second kappa shape index (κ2) is 9.28. The third-order valence-electron chi connectivity index (χ3n) is 5.02. The van der Waals surface area contributed by atoms with Crippen LogP contribution in [-0.4, -0.2) is 53.9 Å². The third kappa shape index (κ3) is 4.76. The van der Waals surface area contributed by atoms with Crippen molar-refractivity contribution in [3.8, 4) is 0 Å². The number of nitrogens with two attached hydrogens (primary N) is 1. The molecule has 0 radical (unpaired) electrons. The smallest absolute Gasteiger partial charge is 0.122 e. The van der Waals surface area contributed by atoms with Crippen LogP contribution < -0.4 is 10.6 Å². The molecule has 0 amide bonds. The van der Waals surface area contributed by atoms with Crippen molar-refractivity contribution in [2.45, 2.75) is 6.42 Å². The molecule has 4 rings (SSSR count). The number of amidine groups is 1. The van der Waals surface area contributed by atoms with Gasteiger partial charge in [0.15, 0.2) is 0 Å². The van der Waals surface area contributed by atoms with Gasteiger partial charge in [0.05, 0.1) is 11.0 Å². The second-order valence-corrected chi connectivity index (χ2v) is 6.96. The summed E-state index contributed by atoms with van der Waals surface area (Å²) in [6.45, 7) is 4.31. The van der Waals surface area contributed by atoms with E-state index in [1.807, 2.05) is 24.3 Å². The van der Waals surface area contributed by atoms with Crippen molar-refractivity contribution >= 4 is 47.4 Å². The number of fused-ring (bicyclic) bond motifs is 1. The van der Waals surface area contributed by atoms with Crippen molar-refractivity contribution in [1.82, 2.24) is 14.9 Å². The number of piperazine rings is 1. The number of aromatic nitrogens is 2. The van der Waals surface area contributed by atoms with Gasteiger partial charge in [-0.1, -0.05) is 24.3 Å². The number of likely N-dealkylation sites (N-methyl/N-ethyl adjacent to an activating group) is 1. The molecular formula is C20H26Cl2N6. The first kappa shape index (κ1) is 22.0. The number of benzene rings is 2. The average Bonchev–Trinajstić information content (AvgIpc) is 3.04. The first-order valence-corrected chi connectivity index (χ1v) is 8.94. The van der Waals surface area contributed by atoms with Crippen molar-refractivity contribution in [1.29, 1.82) is 5.41 Å². The second-order valence-electron chi connectivity index (χ2n) is 6.96. The van der Waals surface area contributed by atoms with Gasteiger partial charge >= 0.3 is 0 Å². The Balaban J connectivity index is 0.00000140. The lowest BCUT2D eigenvalue weighted by Crippen LogP contribution is -2.44. The van der Waals surface area contributed by atoms with Gasteiger partial charge in [-0.15, -0.1) is 24.8 Å². The summed E-state index contributed by atoms with van der Waals surface area (Å²) in [5.74, 6) is 1.04. The van der Waals surface area contributed by atoms with E-state index in [4.69, 9.17) is 16.1 Å². The van der Waals surface area contributed by atoms with Crippen molar-refractivity contribution in [2.24, 2.45) is 5.73 Å². The highest BCUT2D eigenvalue weighted by Gasteiger charge is 2.15. The molecule has 2 heterocycles. The summed E-state index contributed by atoms with van der Waals surface area (Å²) in [7, 11) is 2.17. The van der Waals surface area contributed by atoms with Crippen LogP contribution in [0.3, 0.4) is 0 Å². The van der Waals surface area contributed by atoms with Crippen LogP contribution in [-0.2, 0) is 6.42 Å². The molecule has 3 aromatic rings. The van der Waals surface area contributed by atoms with Crippen LogP contribution in [0, 0.1) is 5.41 Å². The summed E-state index contributed by atoms with van der Waals surface area (Å²) >= 11 is 0. The summed E-state index contributed by atoms with van der Waals surface area (Å²) in [5, 5.41) is 7.47. The Hall–Kier alpha value is -2.28. The van der Waals surface area contributed by atoms with Crippen molar-refractivity contribution in [3.63, 3.8) is 0 Å². The maximum Gasteiger partial charge on any atom is 0.122 e. The molecule has 1 aromatic heterocycles. The van der Waals surface area contributed by atoms with Gasteiger partial charge in [-0.25, -0.2) is 4.98 Å². The number of H-pyrrole nitrogens is 1. The SMILES string of the molecule is CN1CCN(c2ccc3[nH]c(Cc4ccc(C(=N)N)cc4)nc3c2)CC1.Cl.Cl. The quantitative estimate of drug-likeness (QED) is 0.447. The molecule has 0 saturated carbocycles. The fraction of sp³-hybridized carbons (Fsp3) is 0.300. The number of rotatable bonds is 4. The van der Waals surface area contributed by atoms with E-state index in [1.54, 1.807) is 0 Å². The van der Waals surface area contributed by atoms with Gasteiger partial charge in [-0.2, -0.15) is 0 Å². The van der Waals surface area contributed by atoms with E-state index in [2.05, 4.69) is 40.0 Å². The molecule has 0 unspecified atom stereocenters. The first-order chi connectivity index (χ1) is 12.6. The molecule has 0 spiro atoms. The van der Waals surface area contributed by atoms with Crippen molar-refractivity contribution in [2.75, 3.05) is 38.1 Å². The van der Waals surface area contributed by atoms with Gasteiger partial charge in [0.2, 0.25) is 0 Å². The third-order valence-corrected chi connectivity index (χ3v) is 5.02. The van der Waals surface area contributed by atoms with E-state index >= 15 is 0 Å². The van der Waals surface area contributed by atoms with Gasteiger partial charge < -0.3 is 20.5 Å². The Labute approximate surface area is 177 Å². The normalized spacial score (nSPS) is 14.4. The van der Waals surface area contributed by atoms with E-state index in [0.29, 0.717) is 0 Å². The number of halogens is 2. The molecule has 150 valence electrons. The van der Waals surface area contributed by atoms with Crippen LogP contribution >= 0.6 is 24.8 Å². The maximum absolute atomic E-state index is 7.47. The molecule has 1 aliphatic heterocycles. The molecule has 0 aliphatic carbocycles. The minimum absolute atomic E-state index is 0. The lowest BCUT2D eigenvalue weighted by atomic mass is 10.1. The number of anilines is 1. The van der Waals surface area contributed by atoms with E-state index < -0.39 is 0 Å². The molecule has 8 heteroatoms. The van der Waals surface area contributed by atoms with Gasteiger partial charge in [-0.3, -0.25) is 5.41 Å². The number of nitrogens with zero attached hydrogens (tertiary/aromatic N) is 3. The lowest BCUT2D eigenvalue weighted by molar-refractivity contribution is 0.313. The zero-order valence-electron chi connectivity index (χ0n) is 15.8. The zero-order valence-corrected chi connectivity index (χ0v) is 17.4. The highest BCUT2D eigenvalue weighted by molar-refractivity contribution is 5.94. The number of imidazole rings is 1.